The number of benzene rings is 1. The molecule has 2 aliphatic heterocycles. The summed E-state index contributed by atoms with van der Waals surface area (Å²) in [4.78, 5) is 49.2. The van der Waals surface area contributed by atoms with Crippen molar-refractivity contribution in [1.29, 1.82) is 0 Å². The number of aliphatic carboxylic acids is 1. The van der Waals surface area contributed by atoms with Crippen molar-refractivity contribution in [3.63, 3.8) is 0 Å². The topological polar surface area (TPSA) is 133 Å². The molecule has 10 heteroatoms. The van der Waals surface area contributed by atoms with Crippen molar-refractivity contribution in [1.82, 2.24) is 10.2 Å². The third-order valence-corrected chi connectivity index (χ3v) is 6.45. The number of Topliss-reactive ketones (excluding diaryl/α,β-unsaturated/α-hetero) is 1. The summed E-state index contributed by atoms with van der Waals surface area (Å²) >= 11 is 1.06. The molecule has 0 aromatic heterocycles. The number of amides is 2. The van der Waals surface area contributed by atoms with Gasteiger partial charge in [0.2, 0.25) is 12.1 Å². The molecule has 2 saturated heterocycles. The standard InChI is InChI=1S/C20H24N2O7S/c23-14(13-6-8-29-9-7-13)11-30-19-16(17(25)22(19)18(26)20(27)28)21-15(24)10-12-4-2-1-3-5-12/h1-5,13,16,18-19,26H,6-11H2,(H,21,24)(H,27,28)/t16-,18?,19-/m1/s1. The average molecular weight is 436 g/mol. The first kappa shape index (κ1) is 22.3. The minimum Gasteiger partial charge on any atom is -0.478 e. The van der Waals surface area contributed by atoms with Crippen molar-refractivity contribution >= 4 is 35.3 Å². The lowest BCUT2D eigenvalue weighted by atomic mass is 9.96. The van der Waals surface area contributed by atoms with Gasteiger partial charge in [0.05, 0.1) is 12.2 Å². The Kier molecular flexibility index (Phi) is 7.46. The summed E-state index contributed by atoms with van der Waals surface area (Å²) in [7, 11) is 0. The highest BCUT2D eigenvalue weighted by Gasteiger charge is 2.53. The van der Waals surface area contributed by atoms with Crippen LogP contribution in [0.4, 0.5) is 0 Å². The number of rotatable bonds is 9. The zero-order valence-corrected chi connectivity index (χ0v) is 17.0. The number of carboxylic acids is 1. The molecule has 0 spiro atoms. The first-order valence-corrected chi connectivity index (χ1v) is 10.7. The number of carboxylic acid groups (broad SMARTS) is 1. The molecule has 2 fully saturated rings. The van der Waals surface area contributed by atoms with Crippen molar-refractivity contribution in [2.75, 3.05) is 19.0 Å². The monoisotopic (exact) mass is 436 g/mol. The zero-order chi connectivity index (χ0) is 21.7. The fourth-order valence-corrected chi connectivity index (χ4v) is 4.81. The summed E-state index contributed by atoms with van der Waals surface area (Å²) in [5.41, 5.74) is 0.767. The second kappa shape index (κ2) is 10.1. The predicted octanol–water partition coefficient (Wildman–Crippen LogP) is 0.0141. The second-order valence-corrected chi connectivity index (χ2v) is 8.32. The number of carbonyl (C=O) groups excluding carboxylic acids is 3. The molecule has 0 bridgehead atoms. The Bertz CT molecular complexity index is 798. The van der Waals surface area contributed by atoms with E-state index < -0.39 is 35.4 Å². The minimum atomic E-state index is -2.03. The van der Waals surface area contributed by atoms with Crippen LogP contribution in [-0.4, -0.2) is 75.3 Å². The fourth-order valence-electron chi connectivity index (χ4n) is 3.49. The molecule has 3 rings (SSSR count). The number of hydrogen-bond acceptors (Lipinski definition) is 7. The maximum atomic E-state index is 12.5. The van der Waals surface area contributed by atoms with Crippen molar-refractivity contribution in [3.05, 3.63) is 35.9 Å². The van der Waals surface area contributed by atoms with Gasteiger partial charge in [-0.1, -0.05) is 30.3 Å². The van der Waals surface area contributed by atoms with Crippen LogP contribution in [-0.2, 0) is 30.3 Å². The molecule has 1 aromatic carbocycles. The van der Waals surface area contributed by atoms with Crippen molar-refractivity contribution in [2.45, 2.75) is 36.9 Å². The Balaban J connectivity index is 1.62. The van der Waals surface area contributed by atoms with Crippen molar-refractivity contribution in [3.8, 4) is 0 Å². The van der Waals surface area contributed by atoms with Crippen LogP contribution in [0.2, 0.25) is 0 Å². The van der Waals surface area contributed by atoms with Gasteiger partial charge in [-0.3, -0.25) is 19.3 Å². The molecule has 9 nitrogen and oxygen atoms in total. The van der Waals surface area contributed by atoms with Gasteiger partial charge in [0.15, 0.2) is 0 Å². The van der Waals surface area contributed by atoms with E-state index in [1.165, 1.54) is 0 Å². The van der Waals surface area contributed by atoms with Gasteiger partial charge in [-0.05, 0) is 18.4 Å². The number of aliphatic hydroxyl groups is 1. The third kappa shape index (κ3) is 5.18. The molecule has 1 aromatic rings. The van der Waals surface area contributed by atoms with E-state index in [1.54, 1.807) is 24.3 Å². The van der Waals surface area contributed by atoms with E-state index in [-0.39, 0.29) is 23.9 Å². The number of β-lactam (4-membered cyclic amide) rings is 1. The van der Waals surface area contributed by atoms with Crippen LogP contribution < -0.4 is 5.32 Å². The summed E-state index contributed by atoms with van der Waals surface area (Å²) in [5, 5.41) is 20.7. The molecule has 0 radical (unpaired) electrons. The number of aliphatic hydroxyl groups excluding tert-OH is 1. The highest BCUT2D eigenvalue weighted by Crippen LogP contribution is 2.33. The molecule has 0 aliphatic carbocycles. The molecule has 2 amide bonds. The summed E-state index contributed by atoms with van der Waals surface area (Å²) in [5.74, 6) is -2.75. The SMILES string of the molecule is O=C(Cc1ccccc1)N[C@@H]1C(=O)N(C(O)C(=O)O)[C@@H]1SCC(=O)C1CCOCC1. The van der Waals surface area contributed by atoms with Crippen LogP contribution >= 0.6 is 11.8 Å². The van der Waals surface area contributed by atoms with Gasteiger partial charge in [0, 0.05) is 19.1 Å². The van der Waals surface area contributed by atoms with Crippen LogP contribution in [0.1, 0.15) is 18.4 Å². The number of ether oxygens (including phenoxy) is 1. The third-order valence-electron chi connectivity index (χ3n) is 5.16. The molecular weight excluding hydrogens is 412 g/mol. The normalized spacial score (nSPS) is 22.8. The Morgan fingerprint density at radius 3 is 2.50 bits per heavy atom. The largest absolute Gasteiger partial charge is 0.478 e. The van der Waals surface area contributed by atoms with E-state index in [4.69, 9.17) is 9.84 Å². The number of thioether (sulfide) groups is 1. The molecule has 0 saturated carbocycles. The van der Waals surface area contributed by atoms with Crippen molar-refractivity contribution < 1.29 is 34.1 Å². The van der Waals surface area contributed by atoms with E-state index in [0.717, 1.165) is 22.2 Å². The quantitative estimate of drug-likeness (QED) is 0.461. The Morgan fingerprint density at radius 2 is 1.87 bits per heavy atom. The van der Waals surface area contributed by atoms with Gasteiger partial charge in [-0.25, -0.2) is 4.79 Å². The number of hydrogen-bond donors (Lipinski definition) is 3. The number of nitrogens with zero attached hydrogens (tertiary/aromatic N) is 1. The summed E-state index contributed by atoms with van der Waals surface area (Å²) in [6.07, 6.45) is -0.719. The van der Waals surface area contributed by atoms with E-state index in [2.05, 4.69) is 5.32 Å². The Morgan fingerprint density at radius 1 is 1.20 bits per heavy atom. The Labute approximate surface area is 177 Å². The van der Waals surface area contributed by atoms with Crippen molar-refractivity contribution in [2.24, 2.45) is 5.92 Å². The summed E-state index contributed by atoms with van der Waals surface area (Å²) in [6.45, 7) is 1.04. The van der Waals surface area contributed by atoms with E-state index >= 15 is 0 Å². The van der Waals surface area contributed by atoms with Gasteiger partial charge in [0.25, 0.3) is 5.91 Å². The van der Waals surface area contributed by atoms with E-state index in [9.17, 15) is 24.3 Å². The molecule has 2 aliphatic rings. The lowest BCUT2D eigenvalue weighted by Crippen LogP contribution is -2.73. The lowest BCUT2D eigenvalue weighted by molar-refractivity contribution is -0.178. The maximum absolute atomic E-state index is 12.5. The number of nitrogens with one attached hydrogen (secondary N) is 1. The molecule has 3 atom stereocenters. The predicted molar refractivity (Wildman–Crippen MR) is 107 cm³/mol. The average Bonchev–Trinajstić information content (AvgIpc) is 2.75. The summed E-state index contributed by atoms with van der Waals surface area (Å²) < 4.78 is 5.25. The van der Waals surface area contributed by atoms with Crippen LogP contribution in [0, 0.1) is 5.92 Å². The van der Waals surface area contributed by atoms with Gasteiger partial charge in [0.1, 0.15) is 17.2 Å². The molecule has 30 heavy (non-hydrogen) atoms. The highest BCUT2D eigenvalue weighted by molar-refractivity contribution is 8.00. The van der Waals surface area contributed by atoms with Crippen LogP contribution in [0.15, 0.2) is 30.3 Å². The van der Waals surface area contributed by atoms with Crippen LogP contribution in [0.5, 0.6) is 0 Å². The fraction of sp³-hybridized carbons (Fsp3) is 0.500. The number of carbonyl (C=O) groups is 4. The van der Waals surface area contributed by atoms with Gasteiger partial charge < -0.3 is 20.3 Å². The van der Waals surface area contributed by atoms with Gasteiger partial charge >= 0.3 is 5.97 Å². The van der Waals surface area contributed by atoms with E-state index in [1.807, 2.05) is 6.07 Å². The van der Waals surface area contributed by atoms with Crippen LogP contribution in [0.25, 0.3) is 0 Å². The molecule has 2 heterocycles. The van der Waals surface area contributed by atoms with Crippen LogP contribution in [0.3, 0.4) is 0 Å². The first-order chi connectivity index (χ1) is 14.4. The lowest BCUT2D eigenvalue weighted by Gasteiger charge is -2.47. The number of likely N-dealkylation sites (tertiary alicyclic amines) is 1. The van der Waals surface area contributed by atoms with Gasteiger partial charge in [-0.2, -0.15) is 0 Å². The number of ketones is 1. The molecule has 1 unspecified atom stereocenters. The van der Waals surface area contributed by atoms with Gasteiger partial charge in [-0.15, -0.1) is 11.8 Å². The smallest absolute Gasteiger partial charge is 0.354 e. The molecule has 162 valence electrons. The zero-order valence-electron chi connectivity index (χ0n) is 16.2. The molecule has 3 N–H and O–H groups in total. The summed E-state index contributed by atoms with van der Waals surface area (Å²) in [6, 6.07) is 7.97. The second-order valence-electron chi connectivity index (χ2n) is 7.22. The maximum Gasteiger partial charge on any atom is 0.354 e. The molecular formula is C20H24N2O7S. The Hall–Kier alpha value is -2.43. The van der Waals surface area contributed by atoms with E-state index in [0.29, 0.717) is 26.1 Å². The highest BCUT2D eigenvalue weighted by atomic mass is 32.2. The minimum absolute atomic E-state index is 0.0122. The first-order valence-electron chi connectivity index (χ1n) is 9.67.